The van der Waals surface area contributed by atoms with E-state index in [9.17, 15) is 4.79 Å². The predicted octanol–water partition coefficient (Wildman–Crippen LogP) is 2.33. The fourth-order valence-electron chi connectivity index (χ4n) is 3.40. The van der Waals surface area contributed by atoms with Gasteiger partial charge < -0.3 is 25.6 Å². The minimum atomic E-state index is -0.833. The number of H-pyrrole nitrogens is 1. The molecule has 0 aliphatic heterocycles. The molecule has 1 atom stereocenters. The molecule has 0 bridgehead atoms. The third-order valence-electron chi connectivity index (χ3n) is 5.01. The van der Waals surface area contributed by atoms with Crippen LogP contribution in [-0.4, -0.2) is 55.6 Å². The molecule has 4 rings (SSSR count). The van der Waals surface area contributed by atoms with Crippen LogP contribution >= 0.6 is 0 Å². The molecule has 13 nitrogen and oxygen atoms in total. The lowest BCUT2D eigenvalue weighted by molar-refractivity contribution is -0.134. The molecule has 2 aromatic carbocycles. The van der Waals surface area contributed by atoms with Gasteiger partial charge >= 0.3 is 5.69 Å². The minimum Gasteiger partial charge on any atom is -0.493 e. The van der Waals surface area contributed by atoms with Crippen molar-refractivity contribution in [2.45, 2.75) is 19.9 Å². The zero-order valence-electron chi connectivity index (χ0n) is 21.0. The maximum absolute atomic E-state index is 12.7. The number of methoxy groups -OCH3 is 1. The van der Waals surface area contributed by atoms with Gasteiger partial charge in [0.05, 0.1) is 13.7 Å². The molecule has 4 aromatic rings. The molecule has 13 heteroatoms. The standard InChI is InChI=1S/C23H24N8O3.C2H4O2/c1-3-34-18-13-15(8-11-17(18)33-2)20(27-16-9-6-14(7-10-16)21(24)25)22-28-23(32)31(30-22)19-5-4-12-26-29-19;1-2(3)4/h4-13,20,27H,3H2,1-2H3,(H3,24,25)(H,28,30,32);1H3,(H,3,4)/t20-;/m0./s1. The third kappa shape index (κ3) is 6.94. The Morgan fingerprint density at radius 3 is 2.50 bits per heavy atom. The SMILES string of the molecule is CC(=O)O.CCOc1cc([C@H](Nc2ccc(C(=N)N)cc2)c2nn(-c3cccnn3)c(=O)[nH]2)ccc1OC. The molecule has 0 radical (unpaired) electrons. The molecule has 0 spiro atoms. The number of hydrogen-bond donors (Lipinski definition) is 5. The van der Waals surface area contributed by atoms with Gasteiger partial charge in [0.1, 0.15) is 11.9 Å². The van der Waals surface area contributed by atoms with Gasteiger partial charge in [-0.05, 0) is 61.0 Å². The smallest absolute Gasteiger partial charge is 0.349 e. The Morgan fingerprint density at radius 2 is 1.92 bits per heavy atom. The van der Waals surface area contributed by atoms with Gasteiger partial charge in [0.25, 0.3) is 5.97 Å². The Kier molecular flexibility index (Phi) is 9.13. The van der Waals surface area contributed by atoms with E-state index in [1.54, 1.807) is 49.6 Å². The van der Waals surface area contributed by atoms with E-state index in [1.165, 1.54) is 6.20 Å². The molecule has 0 amide bonds. The van der Waals surface area contributed by atoms with Gasteiger partial charge in [-0.25, -0.2) is 4.79 Å². The van der Waals surface area contributed by atoms with E-state index in [-0.39, 0.29) is 5.84 Å². The molecule has 0 aliphatic carbocycles. The van der Waals surface area contributed by atoms with E-state index in [0.29, 0.717) is 35.3 Å². The second-order valence-corrected chi connectivity index (χ2v) is 7.74. The number of carboxylic acids is 1. The first-order valence-corrected chi connectivity index (χ1v) is 11.4. The van der Waals surface area contributed by atoms with Crippen LogP contribution in [0.25, 0.3) is 5.82 Å². The van der Waals surface area contributed by atoms with Gasteiger partial charge in [-0.15, -0.1) is 10.2 Å². The Bertz CT molecular complexity index is 1430. The second kappa shape index (κ2) is 12.7. The van der Waals surface area contributed by atoms with Crippen molar-refractivity contribution < 1.29 is 19.4 Å². The number of benzene rings is 2. The molecule has 2 aromatic heterocycles. The Balaban J connectivity index is 0.000000934. The molecule has 0 aliphatic rings. The summed E-state index contributed by atoms with van der Waals surface area (Å²) in [5.74, 6) is 0.959. The monoisotopic (exact) mass is 520 g/mol. The van der Waals surface area contributed by atoms with E-state index >= 15 is 0 Å². The number of carbonyl (C=O) groups is 1. The minimum absolute atomic E-state index is 0.0216. The average molecular weight is 521 g/mol. The summed E-state index contributed by atoms with van der Waals surface area (Å²) in [5.41, 5.74) is 7.23. The highest BCUT2D eigenvalue weighted by Crippen LogP contribution is 2.33. The maximum atomic E-state index is 12.7. The lowest BCUT2D eigenvalue weighted by Gasteiger charge is -2.20. The van der Waals surface area contributed by atoms with Crippen LogP contribution in [0, 0.1) is 5.41 Å². The van der Waals surface area contributed by atoms with Crippen LogP contribution < -0.4 is 26.2 Å². The van der Waals surface area contributed by atoms with Crippen LogP contribution in [0.4, 0.5) is 5.69 Å². The van der Waals surface area contributed by atoms with Gasteiger partial charge in [-0.2, -0.15) is 9.78 Å². The number of nitrogens with zero attached hydrogens (tertiary/aromatic N) is 4. The number of nitrogens with one attached hydrogen (secondary N) is 3. The van der Waals surface area contributed by atoms with Gasteiger partial charge in [-0.3, -0.25) is 15.2 Å². The Hall–Kier alpha value is -5.20. The maximum Gasteiger partial charge on any atom is 0.349 e. The van der Waals surface area contributed by atoms with Crippen molar-refractivity contribution in [1.29, 1.82) is 5.41 Å². The first-order chi connectivity index (χ1) is 18.2. The quantitative estimate of drug-likeness (QED) is 0.161. The molecule has 38 heavy (non-hydrogen) atoms. The largest absolute Gasteiger partial charge is 0.493 e. The Labute approximate surface area is 217 Å². The van der Waals surface area contributed by atoms with E-state index in [4.69, 9.17) is 30.5 Å². The molecule has 0 saturated carbocycles. The lowest BCUT2D eigenvalue weighted by atomic mass is 10.0. The topological polar surface area (TPSA) is 194 Å². The molecular weight excluding hydrogens is 492 g/mol. The summed E-state index contributed by atoms with van der Waals surface area (Å²) < 4.78 is 12.3. The van der Waals surface area contributed by atoms with Crippen molar-refractivity contribution in [3.8, 4) is 17.3 Å². The molecular formula is C25H28N8O5. The van der Waals surface area contributed by atoms with Crippen LogP contribution in [-0.2, 0) is 4.79 Å². The number of aromatic amines is 1. The van der Waals surface area contributed by atoms with Crippen molar-refractivity contribution in [2.24, 2.45) is 5.73 Å². The number of aliphatic carboxylic acids is 1. The zero-order valence-corrected chi connectivity index (χ0v) is 21.0. The van der Waals surface area contributed by atoms with E-state index in [0.717, 1.165) is 22.9 Å². The highest BCUT2D eigenvalue weighted by molar-refractivity contribution is 5.95. The fraction of sp³-hybridized carbons (Fsp3) is 0.200. The number of hydrogen-bond acceptors (Lipinski definition) is 9. The number of anilines is 1. The normalized spacial score (nSPS) is 11.0. The number of ether oxygens (including phenoxy) is 2. The van der Waals surface area contributed by atoms with Crippen LogP contribution in [0.5, 0.6) is 11.5 Å². The summed E-state index contributed by atoms with van der Waals surface area (Å²) in [6, 6.07) is 15.3. The molecule has 6 N–H and O–H groups in total. The summed E-state index contributed by atoms with van der Waals surface area (Å²) in [6.45, 7) is 3.43. The molecule has 0 unspecified atom stereocenters. The number of carboxylic acid groups (broad SMARTS) is 1. The Morgan fingerprint density at radius 1 is 1.21 bits per heavy atom. The molecule has 0 saturated heterocycles. The highest BCUT2D eigenvalue weighted by atomic mass is 16.5. The number of nitrogens with two attached hydrogens (primary N) is 1. The van der Waals surface area contributed by atoms with Crippen molar-refractivity contribution in [3.63, 3.8) is 0 Å². The fourth-order valence-corrected chi connectivity index (χ4v) is 3.40. The third-order valence-corrected chi connectivity index (χ3v) is 5.01. The van der Waals surface area contributed by atoms with Crippen molar-refractivity contribution in [1.82, 2.24) is 25.0 Å². The number of nitrogen functional groups attached to an aromatic ring is 1. The van der Waals surface area contributed by atoms with Crippen LogP contribution in [0.2, 0.25) is 0 Å². The van der Waals surface area contributed by atoms with Crippen molar-refractivity contribution in [2.75, 3.05) is 19.0 Å². The predicted molar refractivity (Wildman–Crippen MR) is 140 cm³/mol. The van der Waals surface area contributed by atoms with Gasteiger partial charge in [-0.1, -0.05) is 6.07 Å². The van der Waals surface area contributed by atoms with Crippen LogP contribution in [0.15, 0.2) is 65.6 Å². The number of amidine groups is 1. The van der Waals surface area contributed by atoms with Crippen molar-refractivity contribution >= 4 is 17.5 Å². The lowest BCUT2D eigenvalue weighted by Crippen LogP contribution is -2.17. The zero-order chi connectivity index (χ0) is 27.7. The first-order valence-electron chi connectivity index (χ1n) is 11.4. The van der Waals surface area contributed by atoms with Gasteiger partial charge in [0.15, 0.2) is 23.1 Å². The van der Waals surface area contributed by atoms with E-state index in [1.807, 2.05) is 19.1 Å². The van der Waals surface area contributed by atoms with Crippen molar-refractivity contribution in [3.05, 3.63) is 88.2 Å². The first kappa shape index (κ1) is 27.4. The summed E-state index contributed by atoms with van der Waals surface area (Å²) in [7, 11) is 1.57. The summed E-state index contributed by atoms with van der Waals surface area (Å²) in [5, 5.41) is 30.7. The van der Waals surface area contributed by atoms with Gasteiger partial charge in [0.2, 0.25) is 0 Å². The number of rotatable bonds is 9. The van der Waals surface area contributed by atoms with E-state index < -0.39 is 17.7 Å². The second-order valence-electron chi connectivity index (χ2n) is 7.74. The summed E-state index contributed by atoms with van der Waals surface area (Å²) >= 11 is 0. The average Bonchev–Trinajstić information content (AvgIpc) is 3.29. The highest BCUT2D eigenvalue weighted by Gasteiger charge is 2.22. The summed E-state index contributed by atoms with van der Waals surface area (Å²) in [6.07, 6.45) is 1.52. The molecule has 0 fully saturated rings. The summed E-state index contributed by atoms with van der Waals surface area (Å²) in [4.78, 5) is 24.5. The van der Waals surface area contributed by atoms with E-state index in [2.05, 4.69) is 25.6 Å². The number of aromatic nitrogens is 5. The molecule has 198 valence electrons. The van der Waals surface area contributed by atoms with Gasteiger partial charge in [0, 0.05) is 24.4 Å². The van der Waals surface area contributed by atoms with Crippen LogP contribution in [0.3, 0.4) is 0 Å². The van der Waals surface area contributed by atoms with Crippen LogP contribution in [0.1, 0.15) is 36.8 Å². The molecule has 2 heterocycles.